The van der Waals surface area contributed by atoms with Gasteiger partial charge in [0.1, 0.15) is 23.2 Å². The summed E-state index contributed by atoms with van der Waals surface area (Å²) in [7, 11) is 0. The van der Waals surface area contributed by atoms with E-state index in [1.807, 2.05) is 19.1 Å². The Kier molecular flexibility index (Phi) is 6.28. The monoisotopic (exact) mass is 430 g/mol. The number of nitro groups is 1. The van der Waals surface area contributed by atoms with Gasteiger partial charge in [-0.25, -0.2) is 8.78 Å². The first-order valence-electron chi connectivity index (χ1n) is 9.33. The zero-order valence-corrected chi connectivity index (χ0v) is 17.0. The molecule has 0 aliphatic rings. The van der Waals surface area contributed by atoms with E-state index in [4.69, 9.17) is 4.74 Å². The van der Waals surface area contributed by atoms with Gasteiger partial charge < -0.3 is 10.1 Å². The summed E-state index contributed by atoms with van der Waals surface area (Å²) in [6, 6.07) is 11.2. The lowest BCUT2D eigenvalue weighted by Gasteiger charge is -2.15. The first-order chi connectivity index (χ1) is 14.6. The summed E-state index contributed by atoms with van der Waals surface area (Å²) in [5.74, 6) is 0.0634. The quantitative estimate of drug-likeness (QED) is 0.403. The van der Waals surface area contributed by atoms with Crippen LogP contribution in [0.1, 0.15) is 36.3 Å². The minimum absolute atomic E-state index is 0.132. The molecule has 0 saturated heterocycles. The van der Waals surface area contributed by atoms with Crippen LogP contribution in [0.25, 0.3) is 0 Å². The van der Waals surface area contributed by atoms with E-state index in [1.165, 1.54) is 35.9 Å². The summed E-state index contributed by atoms with van der Waals surface area (Å²) in [4.78, 5) is 23.4. The van der Waals surface area contributed by atoms with E-state index in [2.05, 4.69) is 10.4 Å². The molecule has 0 spiro atoms. The van der Waals surface area contributed by atoms with Crippen molar-refractivity contribution in [3.05, 3.63) is 75.6 Å². The Morgan fingerprint density at radius 1 is 1.13 bits per heavy atom. The predicted molar refractivity (Wildman–Crippen MR) is 110 cm³/mol. The number of anilines is 1. The van der Waals surface area contributed by atoms with Crippen LogP contribution in [0.4, 0.5) is 20.2 Å². The van der Waals surface area contributed by atoms with Crippen LogP contribution in [0.5, 0.6) is 11.5 Å². The lowest BCUT2D eigenvalue weighted by Crippen LogP contribution is -2.25. The largest absolute Gasteiger partial charge is 0.457 e. The molecule has 3 rings (SSSR count). The summed E-state index contributed by atoms with van der Waals surface area (Å²) in [6.07, 6.45) is -2.76. The predicted octanol–water partition coefficient (Wildman–Crippen LogP) is 5.34. The van der Waals surface area contributed by atoms with Gasteiger partial charge in [0, 0.05) is 17.8 Å². The van der Waals surface area contributed by atoms with Crippen molar-refractivity contribution in [1.82, 2.24) is 9.78 Å². The lowest BCUT2D eigenvalue weighted by molar-refractivity contribution is -0.384. The number of hydrogen-bond donors (Lipinski definition) is 1. The molecule has 1 atom stereocenters. The second-order valence-corrected chi connectivity index (χ2v) is 7.01. The van der Waals surface area contributed by atoms with Crippen molar-refractivity contribution in [2.75, 3.05) is 5.32 Å². The van der Waals surface area contributed by atoms with E-state index in [1.54, 1.807) is 19.1 Å². The first kappa shape index (κ1) is 21.9. The van der Waals surface area contributed by atoms with Crippen molar-refractivity contribution >= 4 is 17.3 Å². The maximum atomic E-state index is 12.9. The third kappa shape index (κ3) is 5.21. The highest BCUT2D eigenvalue weighted by atomic mass is 19.3. The second kappa shape index (κ2) is 8.90. The van der Waals surface area contributed by atoms with Gasteiger partial charge in [-0.1, -0.05) is 17.7 Å². The summed E-state index contributed by atoms with van der Waals surface area (Å²) in [6.45, 7) is 4.96. The number of nitro benzene ring substituents is 1. The Morgan fingerprint density at radius 2 is 1.81 bits per heavy atom. The first-order valence-corrected chi connectivity index (χ1v) is 9.33. The van der Waals surface area contributed by atoms with Crippen LogP contribution in [0.2, 0.25) is 0 Å². The van der Waals surface area contributed by atoms with Gasteiger partial charge in [-0.05, 0) is 39.0 Å². The molecule has 0 bridgehead atoms. The van der Waals surface area contributed by atoms with Gasteiger partial charge in [-0.15, -0.1) is 0 Å². The summed E-state index contributed by atoms with van der Waals surface area (Å²) in [5, 5.41) is 17.6. The van der Waals surface area contributed by atoms with E-state index in [0.29, 0.717) is 11.4 Å². The fraction of sp³-hybridized carbons (Fsp3) is 0.238. The molecule has 0 fully saturated rings. The Hall–Kier alpha value is -3.82. The number of halogens is 2. The molecule has 1 aromatic heterocycles. The molecule has 1 amide bonds. The van der Waals surface area contributed by atoms with Gasteiger partial charge in [0.15, 0.2) is 0 Å². The molecule has 10 heteroatoms. The van der Waals surface area contributed by atoms with Gasteiger partial charge in [-0.2, -0.15) is 5.10 Å². The Bertz CT molecular complexity index is 1110. The van der Waals surface area contributed by atoms with Crippen LogP contribution in [-0.2, 0) is 4.79 Å². The lowest BCUT2D eigenvalue weighted by atomic mass is 10.2. The molecule has 0 aliphatic heterocycles. The van der Waals surface area contributed by atoms with Crippen molar-refractivity contribution in [1.29, 1.82) is 0 Å². The number of non-ortho nitro benzene ring substituents is 1. The number of hydrogen-bond acceptors (Lipinski definition) is 5. The summed E-state index contributed by atoms with van der Waals surface area (Å²) >= 11 is 0. The number of amides is 1. The Labute approximate surface area is 176 Å². The van der Waals surface area contributed by atoms with Crippen molar-refractivity contribution in [3.8, 4) is 11.5 Å². The molecule has 1 heterocycles. The van der Waals surface area contributed by atoms with Gasteiger partial charge in [-0.3, -0.25) is 19.6 Å². The van der Waals surface area contributed by atoms with E-state index in [9.17, 15) is 23.7 Å². The normalized spacial score (nSPS) is 11.9. The number of nitrogens with one attached hydrogen (secondary N) is 1. The standard InChI is InChI=1S/C21H20F2N4O4/c1-12-4-6-17(7-5-12)31-18-10-15(9-16(11-18)27(29)30)24-21(28)14(3)26-13(2)8-19(25-26)20(22)23/h4-11,14,20H,1-3H3,(H,24,28). The third-order valence-electron chi connectivity index (χ3n) is 4.54. The SMILES string of the molecule is Cc1ccc(Oc2cc(NC(=O)C(C)n3nc(C(F)F)cc3C)cc([N+](=O)[O-])c2)cc1. The number of carbonyl (C=O) groups is 1. The van der Waals surface area contributed by atoms with Crippen LogP contribution >= 0.6 is 0 Å². The fourth-order valence-corrected chi connectivity index (χ4v) is 2.93. The topological polar surface area (TPSA) is 99.3 Å². The van der Waals surface area contributed by atoms with Crippen LogP contribution in [-0.4, -0.2) is 20.6 Å². The van der Waals surface area contributed by atoms with Gasteiger partial charge in [0.25, 0.3) is 12.1 Å². The highest BCUT2D eigenvalue weighted by Crippen LogP contribution is 2.30. The molecule has 3 aromatic rings. The zero-order chi connectivity index (χ0) is 22.7. The zero-order valence-electron chi connectivity index (χ0n) is 17.0. The molecule has 1 N–H and O–H groups in total. The van der Waals surface area contributed by atoms with Gasteiger partial charge >= 0.3 is 0 Å². The van der Waals surface area contributed by atoms with Gasteiger partial charge in [0.2, 0.25) is 5.91 Å². The molecule has 2 aromatic carbocycles. The molecule has 8 nitrogen and oxygen atoms in total. The van der Waals surface area contributed by atoms with Crippen molar-refractivity contribution in [3.63, 3.8) is 0 Å². The number of carbonyl (C=O) groups excluding carboxylic acids is 1. The minimum atomic E-state index is -2.76. The smallest absolute Gasteiger partial charge is 0.282 e. The van der Waals surface area contributed by atoms with Crippen LogP contribution < -0.4 is 10.1 Å². The second-order valence-electron chi connectivity index (χ2n) is 7.01. The van der Waals surface area contributed by atoms with E-state index in [0.717, 1.165) is 5.56 Å². The number of aromatic nitrogens is 2. The average molecular weight is 430 g/mol. The molecule has 0 saturated carbocycles. The van der Waals surface area contributed by atoms with E-state index < -0.39 is 29.0 Å². The number of rotatable bonds is 7. The van der Waals surface area contributed by atoms with Crippen LogP contribution in [0.3, 0.4) is 0 Å². The molecule has 162 valence electrons. The number of alkyl halides is 2. The molecule has 0 aliphatic carbocycles. The maximum Gasteiger partial charge on any atom is 0.282 e. The average Bonchev–Trinajstić information content (AvgIpc) is 3.11. The molecule has 0 radical (unpaired) electrons. The van der Waals surface area contributed by atoms with Crippen LogP contribution in [0, 0.1) is 24.0 Å². The van der Waals surface area contributed by atoms with Gasteiger partial charge in [0.05, 0.1) is 16.7 Å². The number of benzene rings is 2. The number of nitrogens with zero attached hydrogens (tertiary/aromatic N) is 3. The van der Waals surface area contributed by atoms with E-state index in [-0.39, 0.29) is 17.1 Å². The molecular formula is C21H20F2N4O4. The molecular weight excluding hydrogens is 410 g/mol. The van der Waals surface area contributed by atoms with Crippen LogP contribution in [0.15, 0.2) is 48.5 Å². The molecule has 31 heavy (non-hydrogen) atoms. The Morgan fingerprint density at radius 3 is 2.39 bits per heavy atom. The minimum Gasteiger partial charge on any atom is -0.457 e. The fourth-order valence-electron chi connectivity index (χ4n) is 2.93. The Balaban J connectivity index is 1.84. The summed E-state index contributed by atoms with van der Waals surface area (Å²) in [5.41, 5.74) is 0.841. The van der Waals surface area contributed by atoms with Crippen molar-refractivity contribution in [2.24, 2.45) is 0 Å². The van der Waals surface area contributed by atoms with Crippen molar-refractivity contribution in [2.45, 2.75) is 33.2 Å². The van der Waals surface area contributed by atoms with E-state index >= 15 is 0 Å². The molecule has 1 unspecified atom stereocenters. The number of ether oxygens (including phenoxy) is 1. The summed E-state index contributed by atoms with van der Waals surface area (Å²) < 4.78 is 32.6. The highest BCUT2D eigenvalue weighted by Gasteiger charge is 2.22. The third-order valence-corrected chi connectivity index (χ3v) is 4.54. The highest BCUT2D eigenvalue weighted by molar-refractivity contribution is 5.94. The maximum absolute atomic E-state index is 12.9. The van der Waals surface area contributed by atoms with Crippen molar-refractivity contribution < 1.29 is 23.2 Å². The number of aryl methyl sites for hydroxylation is 2.